The normalized spacial score (nSPS) is 23.5. The molecule has 2 unspecified atom stereocenters. The number of amides is 1. The maximum atomic E-state index is 11.8. The van der Waals surface area contributed by atoms with Crippen molar-refractivity contribution in [3.05, 3.63) is 0 Å². The van der Waals surface area contributed by atoms with E-state index in [1.54, 1.807) is 6.92 Å². The summed E-state index contributed by atoms with van der Waals surface area (Å²) in [6.45, 7) is 7.04. The average Bonchev–Trinajstić information content (AvgIpc) is 2.64. The molecule has 0 aliphatic carbocycles. The van der Waals surface area contributed by atoms with Crippen LogP contribution in [0.1, 0.15) is 40.0 Å². The van der Waals surface area contributed by atoms with Gasteiger partial charge in [0.1, 0.15) is 0 Å². The highest BCUT2D eigenvalue weighted by molar-refractivity contribution is 7.92. The Hall–Kier alpha value is -0.620. The molecule has 0 spiro atoms. The molecule has 0 aromatic rings. The molecular formula is C13H26N2O3S. The summed E-state index contributed by atoms with van der Waals surface area (Å²) < 4.78 is 23.3. The van der Waals surface area contributed by atoms with Crippen LogP contribution in [-0.2, 0) is 14.6 Å². The molecule has 2 N–H and O–H groups in total. The fourth-order valence-electron chi connectivity index (χ4n) is 2.13. The zero-order valence-corrected chi connectivity index (χ0v) is 12.9. The summed E-state index contributed by atoms with van der Waals surface area (Å²) in [5, 5.41) is 5.56. The van der Waals surface area contributed by atoms with Crippen molar-refractivity contribution < 1.29 is 13.2 Å². The Morgan fingerprint density at radius 2 is 2.00 bits per heavy atom. The molecule has 1 heterocycles. The van der Waals surface area contributed by atoms with Crippen LogP contribution in [0.25, 0.3) is 0 Å². The molecule has 0 aromatic heterocycles. The van der Waals surface area contributed by atoms with Gasteiger partial charge in [-0.1, -0.05) is 13.8 Å². The molecule has 0 aromatic carbocycles. The van der Waals surface area contributed by atoms with Crippen molar-refractivity contribution in [2.24, 2.45) is 5.92 Å². The molecule has 1 amide bonds. The van der Waals surface area contributed by atoms with Crippen LogP contribution in [0.3, 0.4) is 0 Å². The van der Waals surface area contributed by atoms with E-state index in [0.29, 0.717) is 25.4 Å². The Bertz CT molecular complexity index is 393. The van der Waals surface area contributed by atoms with Crippen molar-refractivity contribution in [2.45, 2.75) is 51.3 Å². The quantitative estimate of drug-likeness (QED) is 0.724. The summed E-state index contributed by atoms with van der Waals surface area (Å²) in [5.41, 5.74) is 0. The van der Waals surface area contributed by atoms with Gasteiger partial charge < -0.3 is 10.6 Å². The van der Waals surface area contributed by atoms with E-state index in [9.17, 15) is 13.2 Å². The van der Waals surface area contributed by atoms with Crippen LogP contribution < -0.4 is 10.6 Å². The first-order valence-corrected chi connectivity index (χ1v) is 8.77. The zero-order valence-electron chi connectivity index (χ0n) is 12.1. The second kappa shape index (κ2) is 7.24. The van der Waals surface area contributed by atoms with E-state index in [-0.39, 0.29) is 23.0 Å². The molecule has 1 fully saturated rings. The van der Waals surface area contributed by atoms with Crippen molar-refractivity contribution in [2.75, 3.05) is 18.8 Å². The fraction of sp³-hybridized carbons (Fsp3) is 0.923. The zero-order chi connectivity index (χ0) is 14.5. The van der Waals surface area contributed by atoms with Crippen LogP contribution in [0.4, 0.5) is 0 Å². The molecule has 1 saturated heterocycles. The number of nitrogens with one attached hydrogen (secondary N) is 2. The number of hydrogen-bond donors (Lipinski definition) is 2. The number of carbonyl (C=O) groups excluding carboxylic acids is 1. The van der Waals surface area contributed by atoms with Crippen LogP contribution >= 0.6 is 0 Å². The second-order valence-electron chi connectivity index (χ2n) is 5.73. The molecule has 0 bridgehead atoms. The second-order valence-corrected chi connectivity index (χ2v) is 8.14. The van der Waals surface area contributed by atoms with E-state index < -0.39 is 9.84 Å². The Labute approximate surface area is 116 Å². The predicted octanol–water partition coefficient (Wildman–Crippen LogP) is 0.704. The van der Waals surface area contributed by atoms with Gasteiger partial charge in [-0.2, -0.15) is 0 Å². The monoisotopic (exact) mass is 290 g/mol. The minimum atomic E-state index is -2.93. The third kappa shape index (κ3) is 5.48. The molecule has 0 saturated carbocycles. The summed E-state index contributed by atoms with van der Waals surface area (Å²) in [4.78, 5) is 11.8. The van der Waals surface area contributed by atoms with E-state index in [1.807, 2.05) is 0 Å². The lowest BCUT2D eigenvalue weighted by atomic mass is 10.1. The molecule has 1 aliphatic rings. The van der Waals surface area contributed by atoms with E-state index in [4.69, 9.17) is 0 Å². The molecule has 0 radical (unpaired) electrons. The summed E-state index contributed by atoms with van der Waals surface area (Å²) >= 11 is 0. The van der Waals surface area contributed by atoms with Crippen LogP contribution in [-0.4, -0.2) is 44.5 Å². The average molecular weight is 290 g/mol. The van der Waals surface area contributed by atoms with Crippen molar-refractivity contribution >= 4 is 15.7 Å². The lowest BCUT2D eigenvalue weighted by molar-refractivity contribution is -0.122. The predicted molar refractivity (Wildman–Crippen MR) is 76.7 cm³/mol. The van der Waals surface area contributed by atoms with Gasteiger partial charge in [0, 0.05) is 13.1 Å². The number of rotatable bonds is 7. The van der Waals surface area contributed by atoms with E-state index in [1.165, 1.54) is 0 Å². The third-order valence-electron chi connectivity index (χ3n) is 3.53. The van der Waals surface area contributed by atoms with Gasteiger partial charge in [0.05, 0.1) is 17.0 Å². The highest BCUT2D eigenvalue weighted by atomic mass is 32.2. The van der Waals surface area contributed by atoms with Gasteiger partial charge in [0.15, 0.2) is 9.84 Å². The third-order valence-corrected chi connectivity index (χ3v) is 5.80. The van der Waals surface area contributed by atoms with Crippen LogP contribution in [0.5, 0.6) is 0 Å². The van der Waals surface area contributed by atoms with Gasteiger partial charge in [-0.3, -0.25) is 4.79 Å². The van der Waals surface area contributed by atoms with Crippen molar-refractivity contribution in [1.29, 1.82) is 0 Å². The standard InChI is InChI=1S/C13H26N2O3S/c1-10(2)6-7-14-13(16)11(3)15-9-12-5-4-8-19(12,17)18/h10-12,15H,4-9H2,1-3H3,(H,14,16). The van der Waals surface area contributed by atoms with Gasteiger partial charge >= 0.3 is 0 Å². The largest absolute Gasteiger partial charge is 0.355 e. The van der Waals surface area contributed by atoms with E-state index in [0.717, 1.165) is 12.8 Å². The summed E-state index contributed by atoms with van der Waals surface area (Å²) in [5.74, 6) is 0.789. The molecule has 19 heavy (non-hydrogen) atoms. The molecule has 112 valence electrons. The molecule has 6 heteroatoms. The maximum absolute atomic E-state index is 11.8. The van der Waals surface area contributed by atoms with Gasteiger partial charge in [0.25, 0.3) is 0 Å². The highest BCUT2D eigenvalue weighted by Gasteiger charge is 2.31. The minimum Gasteiger partial charge on any atom is -0.355 e. The van der Waals surface area contributed by atoms with Crippen LogP contribution in [0.15, 0.2) is 0 Å². The van der Waals surface area contributed by atoms with E-state index in [2.05, 4.69) is 24.5 Å². The first-order chi connectivity index (χ1) is 8.83. The Morgan fingerprint density at radius 1 is 1.32 bits per heavy atom. The van der Waals surface area contributed by atoms with Gasteiger partial charge in [0.2, 0.25) is 5.91 Å². The fourth-order valence-corrected chi connectivity index (χ4v) is 3.90. The lowest BCUT2D eigenvalue weighted by Crippen LogP contribution is -2.45. The number of carbonyl (C=O) groups is 1. The smallest absolute Gasteiger partial charge is 0.236 e. The Morgan fingerprint density at radius 3 is 2.53 bits per heavy atom. The summed E-state index contributed by atoms with van der Waals surface area (Å²) in [7, 11) is -2.93. The first kappa shape index (κ1) is 16.4. The molecule has 1 aliphatic heterocycles. The first-order valence-electron chi connectivity index (χ1n) is 7.05. The van der Waals surface area contributed by atoms with Gasteiger partial charge in [-0.05, 0) is 32.1 Å². The topological polar surface area (TPSA) is 75.3 Å². The van der Waals surface area contributed by atoms with E-state index >= 15 is 0 Å². The van der Waals surface area contributed by atoms with Crippen LogP contribution in [0, 0.1) is 5.92 Å². The minimum absolute atomic E-state index is 0.0592. The highest BCUT2D eigenvalue weighted by Crippen LogP contribution is 2.19. The van der Waals surface area contributed by atoms with Crippen molar-refractivity contribution in [3.63, 3.8) is 0 Å². The lowest BCUT2D eigenvalue weighted by Gasteiger charge is -2.17. The van der Waals surface area contributed by atoms with Crippen molar-refractivity contribution in [3.8, 4) is 0 Å². The molecule has 5 nitrogen and oxygen atoms in total. The summed E-state index contributed by atoms with van der Waals surface area (Å²) in [6.07, 6.45) is 2.40. The Kier molecular flexibility index (Phi) is 6.26. The Balaban J connectivity index is 2.27. The molecule has 1 rings (SSSR count). The van der Waals surface area contributed by atoms with Crippen LogP contribution in [0.2, 0.25) is 0 Å². The van der Waals surface area contributed by atoms with Crippen molar-refractivity contribution in [1.82, 2.24) is 10.6 Å². The number of hydrogen-bond acceptors (Lipinski definition) is 4. The SMILES string of the molecule is CC(C)CCNC(=O)C(C)NCC1CCCS1(=O)=O. The van der Waals surface area contributed by atoms with Gasteiger partial charge in [-0.25, -0.2) is 8.42 Å². The number of sulfone groups is 1. The maximum Gasteiger partial charge on any atom is 0.236 e. The summed E-state index contributed by atoms with van der Waals surface area (Å²) in [6, 6.07) is -0.344. The molecule has 2 atom stereocenters. The van der Waals surface area contributed by atoms with Gasteiger partial charge in [-0.15, -0.1) is 0 Å². The molecular weight excluding hydrogens is 264 g/mol.